The zero-order valence-corrected chi connectivity index (χ0v) is 13.0. The summed E-state index contributed by atoms with van der Waals surface area (Å²) in [7, 11) is 2.61. The molecule has 0 saturated carbocycles. The molecule has 0 spiro atoms. The lowest BCUT2D eigenvalue weighted by Crippen LogP contribution is -2.61. The summed E-state index contributed by atoms with van der Waals surface area (Å²) in [6.45, 7) is 1.42. The van der Waals surface area contributed by atoms with Crippen LogP contribution in [0.5, 0.6) is 0 Å². The van der Waals surface area contributed by atoms with E-state index >= 15 is 0 Å². The average Bonchev–Trinajstić information content (AvgIpc) is 2.79. The third-order valence-electron chi connectivity index (χ3n) is 3.64. The Labute approximate surface area is 135 Å². The molecule has 0 aromatic heterocycles. The fourth-order valence-electron chi connectivity index (χ4n) is 2.42. The molecule has 7 nitrogen and oxygen atoms in total. The van der Waals surface area contributed by atoms with Gasteiger partial charge in [0.25, 0.3) is 5.91 Å². The number of hydrazone groups is 1. The van der Waals surface area contributed by atoms with Gasteiger partial charge in [0.1, 0.15) is 12.8 Å². The molecule has 10 heteroatoms. The number of rotatable bonds is 4. The van der Waals surface area contributed by atoms with E-state index in [1.54, 1.807) is 0 Å². The summed E-state index contributed by atoms with van der Waals surface area (Å²) in [6, 6.07) is 4.07. The zero-order valence-electron chi connectivity index (χ0n) is 13.0. The Morgan fingerprint density at radius 3 is 2.42 bits per heavy atom. The van der Waals surface area contributed by atoms with Crippen molar-refractivity contribution in [2.24, 2.45) is 10.3 Å². The van der Waals surface area contributed by atoms with Crippen LogP contribution in [0.4, 0.5) is 13.2 Å². The molecule has 0 saturated heterocycles. The van der Waals surface area contributed by atoms with Gasteiger partial charge in [0, 0.05) is 12.6 Å². The number of hydrogen-bond acceptors (Lipinski definition) is 6. The molecular formula is C14H15F3N4O3. The summed E-state index contributed by atoms with van der Waals surface area (Å²) >= 11 is 0. The highest BCUT2D eigenvalue weighted by Crippen LogP contribution is 2.31. The van der Waals surface area contributed by atoms with Crippen molar-refractivity contribution in [2.75, 3.05) is 14.2 Å². The van der Waals surface area contributed by atoms with Gasteiger partial charge < -0.3 is 10.0 Å². The Hall–Kier alpha value is -2.46. The number of alkyl halides is 3. The maximum absolute atomic E-state index is 12.7. The number of amides is 1. The van der Waals surface area contributed by atoms with Gasteiger partial charge in [0.15, 0.2) is 0 Å². The smallest absolute Gasteiger partial charge is 0.399 e. The number of oxime groups is 1. The van der Waals surface area contributed by atoms with E-state index in [1.807, 2.05) is 5.48 Å². The van der Waals surface area contributed by atoms with Gasteiger partial charge in [-0.05, 0) is 19.1 Å². The Bertz CT molecular complexity index is 700. The Kier molecular flexibility index (Phi) is 4.63. The van der Waals surface area contributed by atoms with Crippen molar-refractivity contribution in [1.29, 1.82) is 0 Å². The van der Waals surface area contributed by atoms with Crippen molar-refractivity contribution < 1.29 is 28.0 Å². The van der Waals surface area contributed by atoms with Gasteiger partial charge in [0.05, 0.1) is 11.3 Å². The van der Waals surface area contributed by atoms with Gasteiger partial charge in [-0.3, -0.25) is 4.79 Å². The second-order valence-corrected chi connectivity index (χ2v) is 5.07. The SMILES string of the molecule is CO/N=C(\C)C1(NO)C(=O)N(C)N=C1c1ccc(C(F)(F)F)cc1. The molecule has 1 aromatic rings. The lowest BCUT2D eigenvalue weighted by atomic mass is 9.85. The summed E-state index contributed by atoms with van der Waals surface area (Å²) < 4.78 is 38.1. The van der Waals surface area contributed by atoms with E-state index in [0.717, 1.165) is 17.1 Å². The molecule has 130 valence electrons. The van der Waals surface area contributed by atoms with Crippen LogP contribution in [0.25, 0.3) is 0 Å². The van der Waals surface area contributed by atoms with Crippen molar-refractivity contribution >= 4 is 17.3 Å². The largest absolute Gasteiger partial charge is 0.416 e. The van der Waals surface area contributed by atoms with Crippen molar-refractivity contribution in [3.63, 3.8) is 0 Å². The van der Waals surface area contributed by atoms with Gasteiger partial charge in [-0.2, -0.15) is 23.8 Å². The number of nitrogens with one attached hydrogen (secondary N) is 1. The van der Waals surface area contributed by atoms with Crippen LogP contribution in [0.1, 0.15) is 18.1 Å². The van der Waals surface area contributed by atoms with Gasteiger partial charge in [-0.1, -0.05) is 17.3 Å². The Morgan fingerprint density at radius 1 is 1.38 bits per heavy atom. The van der Waals surface area contributed by atoms with Crippen LogP contribution in [0, 0.1) is 0 Å². The van der Waals surface area contributed by atoms with Crippen LogP contribution in [0.2, 0.25) is 0 Å². The minimum atomic E-state index is -4.48. The van der Waals surface area contributed by atoms with Crippen LogP contribution in [0.3, 0.4) is 0 Å². The third kappa shape index (κ3) is 2.74. The van der Waals surface area contributed by atoms with E-state index in [-0.39, 0.29) is 17.0 Å². The molecule has 0 aliphatic carbocycles. The summed E-state index contributed by atoms with van der Waals surface area (Å²) in [5.74, 6) is -0.654. The van der Waals surface area contributed by atoms with E-state index in [1.165, 1.54) is 33.2 Å². The van der Waals surface area contributed by atoms with Crippen LogP contribution in [-0.2, 0) is 15.8 Å². The summed E-state index contributed by atoms with van der Waals surface area (Å²) in [4.78, 5) is 17.1. The molecule has 1 atom stereocenters. The second kappa shape index (κ2) is 6.21. The lowest BCUT2D eigenvalue weighted by molar-refractivity contribution is -0.137. The molecular weight excluding hydrogens is 329 g/mol. The normalized spacial score (nSPS) is 22.0. The molecule has 1 aromatic carbocycles. The van der Waals surface area contributed by atoms with Gasteiger partial charge in [-0.25, -0.2) is 5.01 Å². The molecule has 1 aliphatic heterocycles. The first-order valence-corrected chi connectivity index (χ1v) is 6.72. The van der Waals surface area contributed by atoms with Crippen LogP contribution in [-0.4, -0.2) is 47.2 Å². The van der Waals surface area contributed by atoms with E-state index in [2.05, 4.69) is 15.1 Å². The fourth-order valence-corrected chi connectivity index (χ4v) is 2.42. The first-order chi connectivity index (χ1) is 11.2. The number of hydrogen-bond donors (Lipinski definition) is 2. The van der Waals surface area contributed by atoms with E-state index in [9.17, 15) is 23.2 Å². The predicted octanol–water partition coefficient (Wildman–Crippen LogP) is 1.62. The molecule has 0 fully saturated rings. The predicted molar refractivity (Wildman–Crippen MR) is 78.5 cm³/mol. The fraction of sp³-hybridized carbons (Fsp3) is 0.357. The number of carbonyl (C=O) groups excluding carboxylic acids is 1. The second-order valence-electron chi connectivity index (χ2n) is 5.07. The third-order valence-corrected chi connectivity index (χ3v) is 3.64. The number of halogens is 3. The number of benzene rings is 1. The standard InChI is InChI=1S/C14H15F3N4O3/c1-8(19-24-3)13(20-23)11(18-21(2)12(13)22)9-4-6-10(7-5-9)14(15,16)17/h4-7,20,23H,1-3H3/b19-8+. The van der Waals surface area contributed by atoms with Gasteiger partial charge >= 0.3 is 6.18 Å². The summed E-state index contributed by atoms with van der Waals surface area (Å²) in [5, 5.41) is 18.3. The highest BCUT2D eigenvalue weighted by atomic mass is 19.4. The summed E-state index contributed by atoms with van der Waals surface area (Å²) in [6.07, 6.45) is -4.48. The zero-order chi connectivity index (χ0) is 18.1. The van der Waals surface area contributed by atoms with Crippen molar-refractivity contribution in [2.45, 2.75) is 18.6 Å². The number of hydroxylamine groups is 1. The maximum Gasteiger partial charge on any atom is 0.416 e. The molecule has 0 bridgehead atoms. The number of carbonyl (C=O) groups is 1. The highest BCUT2D eigenvalue weighted by Gasteiger charge is 2.54. The molecule has 2 N–H and O–H groups in total. The summed E-state index contributed by atoms with van der Waals surface area (Å²) in [5.41, 5.74) is -0.539. The van der Waals surface area contributed by atoms with Crippen LogP contribution >= 0.6 is 0 Å². The Balaban J connectivity index is 2.56. The van der Waals surface area contributed by atoms with E-state index in [4.69, 9.17) is 0 Å². The molecule has 24 heavy (non-hydrogen) atoms. The van der Waals surface area contributed by atoms with Crippen LogP contribution in [0.15, 0.2) is 34.5 Å². The quantitative estimate of drug-likeness (QED) is 0.642. The number of likely N-dealkylation sites (N-methyl/N-ethyl adjacent to an activating group) is 1. The molecule has 1 unspecified atom stereocenters. The first-order valence-electron chi connectivity index (χ1n) is 6.72. The number of nitrogens with zero attached hydrogens (tertiary/aromatic N) is 3. The van der Waals surface area contributed by atoms with E-state index < -0.39 is 23.2 Å². The maximum atomic E-state index is 12.7. The topological polar surface area (TPSA) is 86.5 Å². The van der Waals surface area contributed by atoms with Crippen LogP contribution < -0.4 is 5.48 Å². The van der Waals surface area contributed by atoms with E-state index in [0.29, 0.717) is 0 Å². The molecule has 1 aliphatic rings. The average molecular weight is 344 g/mol. The molecule has 0 radical (unpaired) electrons. The lowest BCUT2D eigenvalue weighted by Gasteiger charge is -2.26. The monoisotopic (exact) mass is 344 g/mol. The van der Waals surface area contributed by atoms with Gasteiger partial charge in [0.2, 0.25) is 5.54 Å². The Morgan fingerprint density at radius 2 is 1.96 bits per heavy atom. The van der Waals surface area contributed by atoms with Crippen molar-refractivity contribution in [3.8, 4) is 0 Å². The molecule has 1 amide bonds. The minimum absolute atomic E-state index is 0.00419. The van der Waals surface area contributed by atoms with Crippen molar-refractivity contribution in [1.82, 2.24) is 10.5 Å². The minimum Gasteiger partial charge on any atom is -0.399 e. The first kappa shape index (κ1) is 17.9. The highest BCUT2D eigenvalue weighted by molar-refractivity contribution is 6.37. The van der Waals surface area contributed by atoms with Gasteiger partial charge in [-0.15, -0.1) is 0 Å². The molecule has 2 rings (SSSR count). The molecule has 1 heterocycles. The van der Waals surface area contributed by atoms with Crippen molar-refractivity contribution in [3.05, 3.63) is 35.4 Å².